The molecule has 1 aliphatic rings. The normalized spacial score (nSPS) is 22.5. The van der Waals surface area contributed by atoms with E-state index in [1.807, 2.05) is 13.8 Å². The van der Waals surface area contributed by atoms with Crippen molar-refractivity contribution in [1.29, 1.82) is 0 Å². The summed E-state index contributed by atoms with van der Waals surface area (Å²) in [4.78, 5) is 4.36. The fraction of sp³-hybridized carbons (Fsp3) is 0.818. The Kier molecular flexibility index (Phi) is 3.90. The van der Waals surface area contributed by atoms with E-state index in [9.17, 15) is 0 Å². The Labute approximate surface area is 95.6 Å². The van der Waals surface area contributed by atoms with Crippen LogP contribution in [0.2, 0.25) is 0 Å². The molecule has 16 heavy (non-hydrogen) atoms. The summed E-state index contributed by atoms with van der Waals surface area (Å²) in [5.41, 5.74) is 0. The monoisotopic (exact) mass is 225 g/mol. The van der Waals surface area contributed by atoms with Gasteiger partial charge in [-0.25, -0.2) is 0 Å². The molecule has 2 atom stereocenters. The third kappa shape index (κ3) is 2.80. The number of hydrogen-bond donors (Lipinski definition) is 1. The van der Waals surface area contributed by atoms with Gasteiger partial charge in [-0.2, -0.15) is 4.98 Å². The first kappa shape index (κ1) is 11.5. The first-order valence-corrected chi connectivity index (χ1v) is 5.94. The minimum atomic E-state index is -0.0794. The van der Waals surface area contributed by atoms with Crippen LogP contribution in [0.4, 0.5) is 0 Å². The molecule has 90 valence electrons. The maximum atomic E-state index is 5.41. The molecule has 5 heteroatoms. The second-order valence-corrected chi connectivity index (χ2v) is 4.21. The van der Waals surface area contributed by atoms with E-state index in [4.69, 9.17) is 9.26 Å². The third-order valence-electron chi connectivity index (χ3n) is 2.89. The first-order chi connectivity index (χ1) is 7.79. The van der Waals surface area contributed by atoms with E-state index >= 15 is 0 Å². The topological polar surface area (TPSA) is 60.2 Å². The summed E-state index contributed by atoms with van der Waals surface area (Å²) in [5.74, 6) is 2.02. The zero-order valence-corrected chi connectivity index (χ0v) is 9.90. The largest absolute Gasteiger partial charge is 0.371 e. The van der Waals surface area contributed by atoms with E-state index in [0.717, 1.165) is 25.4 Å². The molecule has 0 aliphatic carbocycles. The zero-order chi connectivity index (χ0) is 11.4. The summed E-state index contributed by atoms with van der Waals surface area (Å²) < 4.78 is 10.6. The fourth-order valence-corrected chi connectivity index (χ4v) is 1.98. The first-order valence-electron chi connectivity index (χ1n) is 5.94. The molecule has 0 saturated carbocycles. The van der Waals surface area contributed by atoms with Crippen LogP contribution in [0.3, 0.4) is 0 Å². The van der Waals surface area contributed by atoms with Crippen molar-refractivity contribution in [3.63, 3.8) is 0 Å². The SMILES string of the molecule is CCOC(C)c1noc(CC2CCNC2)n1. The fourth-order valence-electron chi connectivity index (χ4n) is 1.98. The molecule has 1 fully saturated rings. The van der Waals surface area contributed by atoms with Crippen molar-refractivity contribution in [3.8, 4) is 0 Å². The summed E-state index contributed by atoms with van der Waals surface area (Å²) in [7, 11) is 0. The molecule has 5 nitrogen and oxygen atoms in total. The lowest BCUT2D eigenvalue weighted by Gasteiger charge is -2.05. The van der Waals surface area contributed by atoms with Crippen molar-refractivity contribution in [1.82, 2.24) is 15.5 Å². The van der Waals surface area contributed by atoms with Gasteiger partial charge in [-0.15, -0.1) is 0 Å². The molecular formula is C11H19N3O2. The number of ether oxygens (including phenoxy) is 1. The smallest absolute Gasteiger partial charge is 0.227 e. The predicted octanol–water partition coefficient (Wildman–Crippen LogP) is 1.32. The van der Waals surface area contributed by atoms with Crippen molar-refractivity contribution >= 4 is 0 Å². The van der Waals surface area contributed by atoms with Crippen LogP contribution >= 0.6 is 0 Å². The van der Waals surface area contributed by atoms with Crippen LogP contribution in [0.15, 0.2) is 4.52 Å². The molecule has 2 heterocycles. The molecule has 0 spiro atoms. The molecule has 1 aliphatic heterocycles. The number of nitrogens with zero attached hydrogens (tertiary/aromatic N) is 2. The lowest BCUT2D eigenvalue weighted by Crippen LogP contribution is -2.11. The average molecular weight is 225 g/mol. The van der Waals surface area contributed by atoms with Crippen LogP contribution in [0.1, 0.15) is 38.1 Å². The maximum absolute atomic E-state index is 5.41. The quantitative estimate of drug-likeness (QED) is 0.819. The molecule has 2 unspecified atom stereocenters. The number of nitrogens with one attached hydrogen (secondary N) is 1. The summed E-state index contributed by atoms with van der Waals surface area (Å²) in [6.07, 6.45) is 1.99. The Morgan fingerprint density at radius 3 is 3.19 bits per heavy atom. The molecule has 0 radical (unpaired) electrons. The van der Waals surface area contributed by atoms with E-state index in [-0.39, 0.29) is 6.10 Å². The Morgan fingerprint density at radius 1 is 1.62 bits per heavy atom. The maximum Gasteiger partial charge on any atom is 0.227 e. The molecule has 0 aromatic carbocycles. The van der Waals surface area contributed by atoms with Gasteiger partial charge in [0.05, 0.1) is 0 Å². The van der Waals surface area contributed by atoms with Gasteiger partial charge < -0.3 is 14.6 Å². The highest BCUT2D eigenvalue weighted by Gasteiger charge is 2.19. The third-order valence-corrected chi connectivity index (χ3v) is 2.89. The van der Waals surface area contributed by atoms with Crippen LogP contribution in [0.25, 0.3) is 0 Å². The number of hydrogen-bond acceptors (Lipinski definition) is 5. The molecule has 1 aromatic rings. The van der Waals surface area contributed by atoms with Gasteiger partial charge in [-0.05, 0) is 39.3 Å². The van der Waals surface area contributed by atoms with Gasteiger partial charge in [0.15, 0.2) is 5.82 Å². The standard InChI is InChI=1S/C11H19N3O2/c1-3-15-8(2)11-13-10(16-14-11)6-9-4-5-12-7-9/h8-9,12H,3-7H2,1-2H3. The van der Waals surface area contributed by atoms with Gasteiger partial charge in [0.1, 0.15) is 6.10 Å². The van der Waals surface area contributed by atoms with Crippen LogP contribution in [-0.4, -0.2) is 29.8 Å². The summed E-state index contributed by atoms with van der Waals surface area (Å²) in [6.45, 7) is 6.72. The van der Waals surface area contributed by atoms with Crippen molar-refractivity contribution < 1.29 is 9.26 Å². The Bertz CT molecular complexity index is 321. The second kappa shape index (κ2) is 5.41. The highest BCUT2D eigenvalue weighted by molar-refractivity contribution is 4.92. The minimum absolute atomic E-state index is 0.0794. The van der Waals surface area contributed by atoms with Gasteiger partial charge >= 0.3 is 0 Å². The number of rotatable bonds is 5. The van der Waals surface area contributed by atoms with Crippen molar-refractivity contribution in [2.45, 2.75) is 32.8 Å². The molecule has 1 saturated heterocycles. The Hall–Kier alpha value is -0.940. The van der Waals surface area contributed by atoms with Gasteiger partial charge in [-0.1, -0.05) is 5.16 Å². The van der Waals surface area contributed by atoms with E-state index in [1.165, 1.54) is 6.42 Å². The molecule has 1 aromatic heterocycles. The van der Waals surface area contributed by atoms with Crippen molar-refractivity contribution in [2.24, 2.45) is 5.92 Å². The zero-order valence-electron chi connectivity index (χ0n) is 9.90. The highest BCUT2D eigenvalue weighted by Crippen LogP contribution is 2.17. The van der Waals surface area contributed by atoms with Crippen LogP contribution in [0.5, 0.6) is 0 Å². The summed E-state index contributed by atoms with van der Waals surface area (Å²) in [6, 6.07) is 0. The molecule has 0 amide bonds. The Morgan fingerprint density at radius 2 is 2.50 bits per heavy atom. The Balaban J connectivity index is 1.90. The molecule has 0 bridgehead atoms. The second-order valence-electron chi connectivity index (χ2n) is 4.21. The predicted molar refractivity (Wildman–Crippen MR) is 59.0 cm³/mol. The van der Waals surface area contributed by atoms with Gasteiger partial charge in [0.25, 0.3) is 0 Å². The number of aromatic nitrogens is 2. The minimum Gasteiger partial charge on any atom is -0.371 e. The van der Waals surface area contributed by atoms with Gasteiger partial charge in [0.2, 0.25) is 5.89 Å². The highest BCUT2D eigenvalue weighted by atomic mass is 16.5. The lowest BCUT2D eigenvalue weighted by molar-refractivity contribution is 0.0683. The van der Waals surface area contributed by atoms with Crippen molar-refractivity contribution in [3.05, 3.63) is 11.7 Å². The molecule has 1 N–H and O–H groups in total. The summed E-state index contributed by atoms with van der Waals surface area (Å²) in [5, 5.41) is 7.27. The van der Waals surface area contributed by atoms with Crippen molar-refractivity contribution in [2.75, 3.05) is 19.7 Å². The molecule has 2 rings (SSSR count). The van der Waals surface area contributed by atoms with Gasteiger partial charge in [-0.3, -0.25) is 0 Å². The molecular weight excluding hydrogens is 206 g/mol. The van der Waals surface area contributed by atoms with Crippen LogP contribution < -0.4 is 5.32 Å². The van der Waals surface area contributed by atoms with Crippen LogP contribution in [0, 0.1) is 5.92 Å². The van der Waals surface area contributed by atoms with E-state index in [0.29, 0.717) is 18.3 Å². The summed E-state index contributed by atoms with van der Waals surface area (Å²) >= 11 is 0. The van der Waals surface area contributed by atoms with Gasteiger partial charge in [0, 0.05) is 13.0 Å². The van der Waals surface area contributed by atoms with E-state index < -0.39 is 0 Å². The van der Waals surface area contributed by atoms with Crippen LogP contribution in [-0.2, 0) is 11.2 Å². The van der Waals surface area contributed by atoms with E-state index in [1.54, 1.807) is 0 Å². The average Bonchev–Trinajstić information content (AvgIpc) is 2.90. The lowest BCUT2D eigenvalue weighted by atomic mass is 10.1. The van der Waals surface area contributed by atoms with E-state index in [2.05, 4.69) is 15.5 Å².